The third kappa shape index (κ3) is 5.07. The van der Waals surface area contributed by atoms with Crippen LogP contribution in [0, 0.1) is 11.8 Å². The second-order valence-corrected chi connectivity index (χ2v) is 6.43. The van der Waals surface area contributed by atoms with Gasteiger partial charge in [-0.15, -0.1) is 0 Å². The number of nitrogens with one attached hydrogen (secondary N) is 1. The first-order chi connectivity index (χ1) is 7.79. The van der Waals surface area contributed by atoms with E-state index in [0.29, 0.717) is 18.4 Å². The molecule has 0 aromatic heterocycles. The molecular weight excluding hydrogens is 212 g/mol. The summed E-state index contributed by atoms with van der Waals surface area (Å²) in [5, 5.41) is 3.18. The van der Waals surface area contributed by atoms with E-state index in [9.17, 15) is 4.79 Å². The van der Waals surface area contributed by atoms with Gasteiger partial charge >= 0.3 is 0 Å². The number of hydrogen-bond donors (Lipinski definition) is 2. The van der Waals surface area contributed by atoms with E-state index in [1.807, 2.05) is 13.8 Å². The van der Waals surface area contributed by atoms with Crippen LogP contribution in [0.4, 0.5) is 0 Å². The van der Waals surface area contributed by atoms with E-state index < -0.39 is 0 Å². The van der Waals surface area contributed by atoms with Crippen molar-refractivity contribution in [3.05, 3.63) is 0 Å². The zero-order valence-electron chi connectivity index (χ0n) is 11.8. The van der Waals surface area contributed by atoms with Gasteiger partial charge < -0.3 is 11.1 Å². The predicted octanol–water partition coefficient (Wildman–Crippen LogP) is 2.44. The Morgan fingerprint density at radius 1 is 1.35 bits per heavy atom. The largest absolute Gasteiger partial charge is 0.353 e. The molecular formula is C14H28N2O. The zero-order valence-corrected chi connectivity index (χ0v) is 11.8. The van der Waals surface area contributed by atoms with Crippen LogP contribution in [-0.4, -0.2) is 17.5 Å². The van der Waals surface area contributed by atoms with Gasteiger partial charge in [-0.05, 0) is 38.5 Å². The maximum absolute atomic E-state index is 11.8. The second kappa shape index (κ2) is 5.85. The number of nitrogens with two attached hydrogens (primary N) is 1. The summed E-state index contributed by atoms with van der Waals surface area (Å²) in [5.74, 6) is 1.48. The summed E-state index contributed by atoms with van der Waals surface area (Å²) in [5.41, 5.74) is 5.64. The van der Waals surface area contributed by atoms with Crippen LogP contribution in [0.15, 0.2) is 0 Å². The molecule has 3 unspecified atom stereocenters. The van der Waals surface area contributed by atoms with Crippen LogP contribution in [0.5, 0.6) is 0 Å². The smallest absolute Gasteiger partial charge is 0.220 e. The Kier molecular flexibility index (Phi) is 4.99. The van der Waals surface area contributed by atoms with E-state index in [4.69, 9.17) is 5.73 Å². The minimum atomic E-state index is -0.247. The quantitative estimate of drug-likeness (QED) is 0.793. The SMILES string of the molecule is CC1CCCC(NC(=O)CCC(C)(C)N)C1C. The van der Waals surface area contributed by atoms with Gasteiger partial charge in [0.05, 0.1) is 0 Å². The fourth-order valence-electron chi connectivity index (χ4n) is 2.50. The Morgan fingerprint density at radius 3 is 2.59 bits per heavy atom. The molecule has 0 radical (unpaired) electrons. The van der Waals surface area contributed by atoms with Gasteiger partial charge in [0.15, 0.2) is 0 Å². The van der Waals surface area contributed by atoms with Crippen LogP contribution in [0.3, 0.4) is 0 Å². The molecule has 3 atom stereocenters. The number of carbonyl (C=O) groups excluding carboxylic acids is 1. The fourth-order valence-corrected chi connectivity index (χ4v) is 2.50. The summed E-state index contributed by atoms with van der Waals surface area (Å²) < 4.78 is 0. The summed E-state index contributed by atoms with van der Waals surface area (Å²) >= 11 is 0. The molecule has 0 aromatic carbocycles. The summed E-state index contributed by atoms with van der Waals surface area (Å²) in [6, 6.07) is 0.368. The molecule has 0 spiro atoms. The molecule has 0 heterocycles. The Morgan fingerprint density at radius 2 is 2.00 bits per heavy atom. The van der Waals surface area contributed by atoms with Crippen LogP contribution in [0.25, 0.3) is 0 Å². The second-order valence-electron chi connectivity index (χ2n) is 6.43. The van der Waals surface area contributed by atoms with Crippen molar-refractivity contribution in [2.24, 2.45) is 17.6 Å². The summed E-state index contributed by atoms with van der Waals surface area (Å²) in [7, 11) is 0. The monoisotopic (exact) mass is 240 g/mol. The molecule has 3 N–H and O–H groups in total. The molecule has 0 aromatic rings. The normalized spacial score (nSPS) is 30.1. The Balaban J connectivity index is 2.35. The van der Waals surface area contributed by atoms with Crippen molar-refractivity contribution in [1.29, 1.82) is 0 Å². The number of amides is 1. The highest BCUT2D eigenvalue weighted by atomic mass is 16.1. The first kappa shape index (κ1) is 14.5. The summed E-state index contributed by atoms with van der Waals surface area (Å²) in [4.78, 5) is 11.8. The van der Waals surface area contributed by atoms with Gasteiger partial charge in [0.25, 0.3) is 0 Å². The van der Waals surface area contributed by atoms with E-state index in [1.54, 1.807) is 0 Å². The third-order valence-electron chi connectivity index (χ3n) is 4.05. The van der Waals surface area contributed by atoms with Gasteiger partial charge in [0, 0.05) is 18.0 Å². The highest BCUT2D eigenvalue weighted by Crippen LogP contribution is 2.29. The number of hydrogen-bond acceptors (Lipinski definition) is 2. The van der Waals surface area contributed by atoms with Crippen LogP contribution in [0.1, 0.15) is 59.8 Å². The maximum Gasteiger partial charge on any atom is 0.220 e. The van der Waals surface area contributed by atoms with Crippen molar-refractivity contribution in [2.45, 2.75) is 71.4 Å². The molecule has 0 bridgehead atoms. The first-order valence-electron chi connectivity index (χ1n) is 6.88. The van der Waals surface area contributed by atoms with E-state index in [-0.39, 0.29) is 11.4 Å². The van der Waals surface area contributed by atoms with Gasteiger partial charge in [-0.25, -0.2) is 0 Å². The van der Waals surface area contributed by atoms with E-state index in [1.165, 1.54) is 12.8 Å². The van der Waals surface area contributed by atoms with E-state index >= 15 is 0 Å². The van der Waals surface area contributed by atoms with Crippen molar-refractivity contribution in [3.8, 4) is 0 Å². The zero-order chi connectivity index (χ0) is 13.1. The topological polar surface area (TPSA) is 55.1 Å². The first-order valence-corrected chi connectivity index (χ1v) is 6.88. The van der Waals surface area contributed by atoms with Crippen molar-refractivity contribution in [1.82, 2.24) is 5.32 Å². The molecule has 1 aliphatic rings. The molecule has 1 fully saturated rings. The minimum Gasteiger partial charge on any atom is -0.353 e. The van der Waals surface area contributed by atoms with Crippen LogP contribution in [-0.2, 0) is 4.79 Å². The van der Waals surface area contributed by atoms with E-state index in [0.717, 1.165) is 18.8 Å². The highest BCUT2D eigenvalue weighted by molar-refractivity contribution is 5.76. The Hall–Kier alpha value is -0.570. The molecule has 17 heavy (non-hydrogen) atoms. The average molecular weight is 240 g/mol. The van der Waals surface area contributed by atoms with Gasteiger partial charge in [0.2, 0.25) is 5.91 Å². The van der Waals surface area contributed by atoms with Gasteiger partial charge in [-0.2, -0.15) is 0 Å². The number of rotatable bonds is 4. The standard InChI is InChI=1S/C14H28N2O/c1-10-6-5-7-12(11(10)2)16-13(17)8-9-14(3,4)15/h10-12H,5-9,15H2,1-4H3,(H,16,17). The lowest BCUT2D eigenvalue weighted by atomic mass is 9.78. The van der Waals surface area contributed by atoms with Gasteiger partial charge in [-0.1, -0.05) is 26.7 Å². The molecule has 3 nitrogen and oxygen atoms in total. The fraction of sp³-hybridized carbons (Fsp3) is 0.929. The molecule has 0 aliphatic heterocycles. The molecule has 1 saturated carbocycles. The van der Waals surface area contributed by atoms with Crippen LogP contribution < -0.4 is 11.1 Å². The van der Waals surface area contributed by atoms with Gasteiger partial charge in [0.1, 0.15) is 0 Å². The van der Waals surface area contributed by atoms with Crippen LogP contribution in [0.2, 0.25) is 0 Å². The third-order valence-corrected chi connectivity index (χ3v) is 4.05. The molecule has 0 saturated heterocycles. The highest BCUT2D eigenvalue weighted by Gasteiger charge is 2.28. The summed E-state index contributed by atoms with van der Waals surface area (Å²) in [6.07, 6.45) is 4.95. The lowest BCUT2D eigenvalue weighted by molar-refractivity contribution is -0.122. The lowest BCUT2D eigenvalue weighted by Crippen LogP contribution is -2.44. The average Bonchev–Trinajstić information content (AvgIpc) is 2.21. The Bertz CT molecular complexity index is 257. The minimum absolute atomic E-state index is 0.162. The van der Waals surface area contributed by atoms with Gasteiger partial charge in [-0.3, -0.25) is 4.79 Å². The predicted molar refractivity (Wildman–Crippen MR) is 71.6 cm³/mol. The van der Waals surface area contributed by atoms with Crippen molar-refractivity contribution in [3.63, 3.8) is 0 Å². The van der Waals surface area contributed by atoms with E-state index in [2.05, 4.69) is 19.2 Å². The molecule has 1 rings (SSSR count). The number of carbonyl (C=O) groups is 1. The molecule has 3 heteroatoms. The molecule has 1 aliphatic carbocycles. The maximum atomic E-state index is 11.8. The molecule has 1 amide bonds. The van der Waals surface area contributed by atoms with Crippen LogP contribution >= 0.6 is 0 Å². The van der Waals surface area contributed by atoms with Crippen molar-refractivity contribution in [2.75, 3.05) is 0 Å². The summed E-state index contributed by atoms with van der Waals surface area (Å²) in [6.45, 7) is 8.46. The Labute approximate surface area is 106 Å². The molecule has 100 valence electrons. The van der Waals surface area contributed by atoms with Crippen molar-refractivity contribution < 1.29 is 4.79 Å². The lowest BCUT2D eigenvalue weighted by Gasteiger charge is -2.34. The van der Waals surface area contributed by atoms with Crippen molar-refractivity contribution >= 4 is 5.91 Å².